The van der Waals surface area contributed by atoms with Crippen molar-refractivity contribution in [2.45, 2.75) is 26.7 Å². The van der Waals surface area contributed by atoms with Crippen molar-refractivity contribution in [3.05, 3.63) is 0 Å². The summed E-state index contributed by atoms with van der Waals surface area (Å²) in [4.78, 5) is 0. The molecule has 0 aliphatic carbocycles. The fourth-order valence-electron chi connectivity index (χ4n) is 1.11. The first-order chi connectivity index (χ1) is 4.41. The van der Waals surface area contributed by atoms with E-state index in [0.29, 0.717) is 16.9 Å². The van der Waals surface area contributed by atoms with E-state index in [0.717, 1.165) is 12.8 Å². The topological polar surface area (TPSA) is 40.9 Å². The summed E-state index contributed by atoms with van der Waals surface area (Å²) < 4.78 is 18.5. The fraction of sp³-hybridized carbons (Fsp3) is 1.00. The van der Waals surface area contributed by atoms with E-state index in [-0.39, 0.29) is 0 Å². The molecule has 1 saturated heterocycles. The van der Waals surface area contributed by atoms with Crippen LogP contribution < -0.4 is 0 Å². The van der Waals surface area contributed by atoms with Gasteiger partial charge in [0.1, 0.15) is 0 Å². The minimum atomic E-state index is -2.15. The zero-order valence-corrected chi connectivity index (χ0v) is 7.46. The molecule has 3 heteroatoms. The SMILES string of the molecule is CC1(C)CCS(=N)(=O)CC1. The Balaban J connectivity index is 2.63. The highest BCUT2D eigenvalue weighted by Gasteiger charge is 2.26. The zero-order valence-electron chi connectivity index (χ0n) is 6.64. The quantitative estimate of drug-likeness (QED) is 0.578. The molecule has 1 aliphatic heterocycles. The standard InChI is InChI=1S/C7H15NOS/c1-7(2)3-5-10(8,9)6-4-7/h8H,3-6H2,1-2H3. The average molecular weight is 161 g/mol. The van der Waals surface area contributed by atoms with Gasteiger partial charge in [0.25, 0.3) is 0 Å². The van der Waals surface area contributed by atoms with Gasteiger partial charge >= 0.3 is 0 Å². The Labute approximate surface area is 63.0 Å². The first kappa shape index (κ1) is 8.05. The van der Waals surface area contributed by atoms with Gasteiger partial charge in [-0.1, -0.05) is 13.8 Å². The molecule has 0 spiro atoms. The van der Waals surface area contributed by atoms with Crippen molar-refractivity contribution in [3.63, 3.8) is 0 Å². The van der Waals surface area contributed by atoms with E-state index >= 15 is 0 Å². The molecule has 2 nitrogen and oxygen atoms in total. The lowest BCUT2D eigenvalue weighted by Crippen LogP contribution is -2.27. The molecule has 1 aliphatic rings. The predicted octanol–water partition coefficient (Wildman–Crippen LogP) is 1.85. The van der Waals surface area contributed by atoms with Gasteiger partial charge in [0.2, 0.25) is 0 Å². The summed E-state index contributed by atoms with van der Waals surface area (Å²) in [5.41, 5.74) is 0.335. The normalized spacial score (nSPS) is 29.8. The smallest absolute Gasteiger partial charge is 0.0441 e. The summed E-state index contributed by atoms with van der Waals surface area (Å²) in [6.07, 6.45) is 1.91. The van der Waals surface area contributed by atoms with E-state index in [2.05, 4.69) is 13.8 Å². The highest BCUT2D eigenvalue weighted by Crippen LogP contribution is 2.30. The van der Waals surface area contributed by atoms with Gasteiger partial charge in [0.05, 0.1) is 0 Å². The predicted molar refractivity (Wildman–Crippen MR) is 43.6 cm³/mol. The van der Waals surface area contributed by atoms with Gasteiger partial charge in [-0.15, -0.1) is 0 Å². The molecule has 1 rings (SSSR count). The van der Waals surface area contributed by atoms with E-state index in [1.54, 1.807) is 0 Å². The number of rotatable bonds is 0. The van der Waals surface area contributed by atoms with Gasteiger partial charge in [0.15, 0.2) is 0 Å². The van der Waals surface area contributed by atoms with Crippen LogP contribution in [0.5, 0.6) is 0 Å². The lowest BCUT2D eigenvalue weighted by atomic mass is 9.87. The van der Waals surface area contributed by atoms with Gasteiger partial charge in [0, 0.05) is 21.2 Å². The molecule has 1 fully saturated rings. The molecule has 0 amide bonds. The molecule has 10 heavy (non-hydrogen) atoms. The maximum Gasteiger partial charge on any atom is 0.0441 e. The summed E-state index contributed by atoms with van der Waals surface area (Å²) >= 11 is 0. The molecule has 0 aromatic rings. The Morgan fingerprint density at radius 2 is 1.70 bits per heavy atom. The molecule has 0 aromatic carbocycles. The van der Waals surface area contributed by atoms with Gasteiger partial charge in [-0.25, -0.2) is 4.21 Å². The molecular weight excluding hydrogens is 146 g/mol. The summed E-state index contributed by atoms with van der Waals surface area (Å²) in [6, 6.07) is 0. The largest absolute Gasteiger partial charge is 0.253 e. The van der Waals surface area contributed by atoms with E-state index in [1.165, 1.54) is 0 Å². The van der Waals surface area contributed by atoms with Crippen LogP contribution in [0.4, 0.5) is 0 Å². The Bertz CT molecular complexity index is 200. The molecule has 0 aromatic heterocycles. The van der Waals surface area contributed by atoms with Crippen LogP contribution in [-0.2, 0) is 9.73 Å². The van der Waals surface area contributed by atoms with Crippen molar-refractivity contribution < 1.29 is 4.21 Å². The summed E-state index contributed by atoms with van der Waals surface area (Å²) in [5, 5.41) is 0. The van der Waals surface area contributed by atoms with Crippen molar-refractivity contribution in [1.82, 2.24) is 0 Å². The summed E-state index contributed by atoms with van der Waals surface area (Å²) in [5.74, 6) is 1.22. The number of nitrogens with one attached hydrogen (secondary N) is 1. The highest BCUT2D eigenvalue weighted by molar-refractivity contribution is 7.92. The summed E-state index contributed by atoms with van der Waals surface area (Å²) in [6.45, 7) is 4.36. The maximum atomic E-state index is 11.2. The van der Waals surface area contributed by atoms with Crippen LogP contribution in [0.2, 0.25) is 0 Å². The molecule has 60 valence electrons. The third kappa shape index (κ3) is 1.97. The van der Waals surface area contributed by atoms with Crippen molar-refractivity contribution >= 4 is 9.73 Å². The second-order valence-corrected chi connectivity index (χ2v) is 6.32. The fourth-order valence-corrected chi connectivity index (χ4v) is 3.08. The lowest BCUT2D eigenvalue weighted by Gasteiger charge is -2.30. The monoisotopic (exact) mass is 161 g/mol. The van der Waals surface area contributed by atoms with Crippen LogP contribution in [0.1, 0.15) is 26.7 Å². The molecular formula is C7H15NOS. The Hall–Kier alpha value is -0.0500. The molecule has 0 atom stereocenters. The number of hydrogen-bond donors (Lipinski definition) is 1. The lowest BCUT2D eigenvalue weighted by molar-refractivity contribution is 0.330. The third-order valence-electron chi connectivity index (χ3n) is 2.22. The van der Waals surface area contributed by atoms with Crippen LogP contribution in [-0.4, -0.2) is 15.7 Å². The molecule has 0 saturated carbocycles. The van der Waals surface area contributed by atoms with E-state index in [9.17, 15) is 4.21 Å². The van der Waals surface area contributed by atoms with E-state index in [1.807, 2.05) is 0 Å². The molecule has 0 radical (unpaired) electrons. The van der Waals surface area contributed by atoms with Gasteiger partial charge in [-0.05, 0) is 18.3 Å². The van der Waals surface area contributed by atoms with Crippen molar-refractivity contribution in [1.29, 1.82) is 4.78 Å². The van der Waals surface area contributed by atoms with Crippen LogP contribution in [0.25, 0.3) is 0 Å². The Morgan fingerprint density at radius 1 is 1.30 bits per heavy atom. The summed E-state index contributed by atoms with van der Waals surface area (Å²) in [7, 11) is -2.15. The average Bonchev–Trinajstić information content (AvgIpc) is 1.79. The van der Waals surface area contributed by atoms with Crippen molar-refractivity contribution in [2.24, 2.45) is 5.41 Å². The Kier molecular flexibility index (Phi) is 1.79. The second kappa shape index (κ2) is 2.22. The highest BCUT2D eigenvalue weighted by atomic mass is 32.2. The molecule has 1 heterocycles. The zero-order chi connectivity index (χ0) is 7.83. The van der Waals surface area contributed by atoms with Gasteiger partial charge < -0.3 is 0 Å². The van der Waals surface area contributed by atoms with Gasteiger partial charge in [-0.3, -0.25) is 4.78 Å². The maximum absolute atomic E-state index is 11.2. The Morgan fingerprint density at radius 3 is 2.00 bits per heavy atom. The molecule has 0 bridgehead atoms. The van der Waals surface area contributed by atoms with Crippen molar-refractivity contribution in [2.75, 3.05) is 11.5 Å². The minimum absolute atomic E-state index is 0.335. The van der Waals surface area contributed by atoms with E-state index < -0.39 is 9.73 Å². The molecule has 1 N–H and O–H groups in total. The van der Waals surface area contributed by atoms with Crippen LogP contribution >= 0.6 is 0 Å². The van der Waals surface area contributed by atoms with E-state index in [4.69, 9.17) is 4.78 Å². The third-order valence-corrected chi connectivity index (χ3v) is 3.94. The first-order valence-electron chi connectivity index (χ1n) is 3.66. The van der Waals surface area contributed by atoms with Crippen LogP contribution in [0.15, 0.2) is 0 Å². The number of hydrogen-bond acceptors (Lipinski definition) is 2. The van der Waals surface area contributed by atoms with Gasteiger partial charge in [-0.2, -0.15) is 0 Å². The van der Waals surface area contributed by atoms with Crippen molar-refractivity contribution in [3.8, 4) is 0 Å². The minimum Gasteiger partial charge on any atom is -0.253 e. The second-order valence-electron chi connectivity index (χ2n) is 3.88. The molecule has 0 unspecified atom stereocenters. The first-order valence-corrected chi connectivity index (χ1v) is 5.55. The van der Waals surface area contributed by atoms with Crippen LogP contribution in [0.3, 0.4) is 0 Å². The van der Waals surface area contributed by atoms with Crippen LogP contribution in [0, 0.1) is 10.2 Å².